The van der Waals surface area contributed by atoms with Crippen LogP contribution in [0.1, 0.15) is 49.5 Å². The lowest BCUT2D eigenvalue weighted by Crippen LogP contribution is -2.47. The van der Waals surface area contributed by atoms with Gasteiger partial charge in [-0.05, 0) is 68.4 Å². The zero-order chi connectivity index (χ0) is 20.8. The Bertz CT molecular complexity index is 1000. The first-order chi connectivity index (χ1) is 13.8. The topological polar surface area (TPSA) is 84.2 Å². The van der Waals surface area contributed by atoms with Crippen molar-refractivity contribution >= 4 is 10.0 Å². The van der Waals surface area contributed by atoms with Crippen LogP contribution in [-0.4, -0.2) is 65.0 Å². The molecule has 1 aliphatic carbocycles. The number of hydrogen-bond donors (Lipinski definition) is 0. The zero-order valence-corrected chi connectivity index (χ0v) is 17.9. The number of rotatable bonds is 5. The number of nitrogens with zero attached hydrogens (tertiary/aromatic N) is 6. The summed E-state index contributed by atoms with van der Waals surface area (Å²) >= 11 is 0. The molecule has 0 radical (unpaired) electrons. The second-order valence-electron chi connectivity index (χ2n) is 8.31. The number of likely N-dealkylation sites (N-methyl/N-ethyl adjacent to an activating group) is 1. The molecule has 29 heavy (non-hydrogen) atoms. The molecule has 1 saturated heterocycles. The van der Waals surface area contributed by atoms with Crippen LogP contribution in [0.15, 0.2) is 23.1 Å². The molecule has 1 aromatic carbocycles. The van der Waals surface area contributed by atoms with Crippen molar-refractivity contribution in [2.24, 2.45) is 0 Å². The first-order valence-electron chi connectivity index (χ1n) is 9.98. The lowest BCUT2D eigenvalue weighted by molar-refractivity contribution is 0.144. The molecular formula is C19H27FN6O2S. The van der Waals surface area contributed by atoms with Gasteiger partial charge in [0, 0.05) is 13.1 Å². The Balaban J connectivity index is 1.68. The van der Waals surface area contributed by atoms with Gasteiger partial charge in [0.15, 0.2) is 5.82 Å². The number of hydrogen-bond acceptors (Lipinski definition) is 6. The van der Waals surface area contributed by atoms with Crippen molar-refractivity contribution in [3.05, 3.63) is 35.4 Å². The van der Waals surface area contributed by atoms with Crippen LogP contribution in [0.25, 0.3) is 0 Å². The van der Waals surface area contributed by atoms with Crippen LogP contribution in [0.3, 0.4) is 0 Å². The minimum Gasteiger partial charge on any atom is -0.296 e. The largest absolute Gasteiger partial charge is 0.296 e. The minimum atomic E-state index is -3.82. The van der Waals surface area contributed by atoms with Gasteiger partial charge in [-0.25, -0.2) is 17.5 Å². The van der Waals surface area contributed by atoms with Crippen LogP contribution < -0.4 is 0 Å². The Morgan fingerprint density at radius 1 is 1.24 bits per heavy atom. The Hall–Kier alpha value is -1.91. The third kappa shape index (κ3) is 3.36. The van der Waals surface area contributed by atoms with E-state index in [1.807, 2.05) is 23.7 Å². The predicted molar refractivity (Wildman–Crippen MR) is 105 cm³/mol. The first-order valence-corrected chi connectivity index (χ1v) is 11.4. The number of tetrazole rings is 1. The molecule has 0 amide bonds. The van der Waals surface area contributed by atoms with Gasteiger partial charge >= 0.3 is 0 Å². The fourth-order valence-corrected chi connectivity index (χ4v) is 6.00. The lowest BCUT2D eigenvalue weighted by atomic mass is 9.95. The number of aromatic nitrogens is 4. The van der Waals surface area contributed by atoms with Gasteiger partial charge in [-0.15, -0.1) is 5.10 Å². The quantitative estimate of drug-likeness (QED) is 0.734. The average molecular weight is 423 g/mol. The molecule has 0 bridgehead atoms. The Morgan fingerprint density at radius 3 is 2.62 bits per heavy atom. The van der Waals surface area contributed by atoms with Crippen LogP contribution in [0.5, 0.6) is 0 Å². The van der Waals surface area contributed by atoms with Crippen molar-refractivity contribution in [3.63, 3.8) is 0 Å². The van der Waals surface area contributed by atoms with E-state index in [1.165, 1.54) is 16.4 Å². The van der Waals surface area contributed by atoms with E-state index in [1.54, 1.807) is 6.92 Å². The fourth-order valence-electron chi connectivity index (χ4n) is 4.49. The summed E-state index contributed by atoms with van der Waals surface area (Å²) in [7, 11) is 0.0352. The van der Waals surface area contributed by atoms with Crippen molar-refractivity contribution < 1.29 is 12.8 Å². The maximum atomic E-state index is 14.0. The van der Waals surface area contributed by atoms with Gasteiger partial charge in [-0.2, -0.15) is 4.31 Å². The number of aryl methyl sites for hydroxylation is 1. The van der Waals surface area contributed by atoms with Crippen LogP contribution >= 0.6 is 0 Å². The van der Waals surface area contributed by atoms with Crippen molar-refractivity contribution in [3.8, 4) is 0 Å². The lowest BCUT2D eigenvalue weighted by Gasteiger charge is -2.35. The van der Waals surface area contributed by atoms with Crippen LogP contribution in [0.2, 0.25) is 0 Å². The molecule has 0 spiro atoms. The number of sulfonamides is 1. The summed E-state index contributed by atoms with van der Waals surface area (Å²) in [5.41, 5.74) is -0.202. The van der Waals surface area contributed by atoms with E-state index < -0.39 is 21.4 Å². The van der Waals surface area contributed by atoms with Gasteiger partial charge in [0.2, 0.25) is 10.0 Å². The summed E-state index contributed by atoms with van der Waals surface area (Å²) in [6.45, 7) is 2.17. The second kappa shape index (κ2) is 7.41. The SMILES string of the molecule is Cc1ccc(S(=O)(=O)N2CCC(c3nnnn3C3CCCC3)(N(C)C)C2)cc1F. The Labute approximate surface area is 170 Å². The first kappa shape index (κ1) is 20.4. The molecule has 0 N–H and O–H groups in total. The van der Waals surface area contributed by atoms with Gasteiger partial charge in [0.05, 0.1) is 16.5 Å². The van der Waals surface area contributed by atoms with Crippen LogP contribution in [-0.2, 0) is 15.6 Å². The highest BCUT2D eigenvalue weighted by molar-refractivity contribution is 7.89. The van der Waals surface area contributed by atoms with E-state index in [0.29, 0.717) is 24.4 Å². The van der Waals surface area contributed by atoms with Gasteiger partial charge in [-0.1, -0.05) is 18.9 Å². The summed E-state index contributed by atoms with van der Waals surface area (Å²) in [4.78, 5) is 1.99. The maximum Gasteiger partial charge on any atom is 0.243 e. The zero-order valence-electron chi connectivity index (χ0n) is 17.0. The highest BCUT2D eigenvalue weighted by Crippen LogP contribution is 2.40. The van der Waals surface area contributed by atoms with Crippen LogP contribution in [0.4, 0.5) is 4.39 Å². The molecule has 158 valence electrons. The third-order valence-corrected chi connectivity index (χ3v) is 8.27. The fraction of sp³-hybridized carbons (Fsp3) is 0.632. The second-order valence-corrected chi connectivity index (χ2v) is 10.2. The molecule has 8 nitrogen and oxygen atoms in total. The highest BCUT2D eigenvalue weighted by Gasteiger charge is 2.49. The van der Waals surface area contributed by atoms with Gasteiger partial charge in [0.1, 0.15) is 5.82 Å². The highest BCUT2D eigenvalue weighted by atomic mass is 32.2. The molecule has 2 heterocycles. The molecular weight excluding hydrogens is 395 g/mol. The number of halogens is 1. The Kier molecular flexibility index (Phi) is 5.20. The molecule has 4 rings (SSSR count). The Morgan fingerprint density at radius 2 is 1.97 bits per heavy atom. The van der Waals surface area contributed by atoms with Gasteiger partial charge in [-0.3, -0.25) is 4.90 Å². The smallest absolute Gasteiger partial charge is 0.243 e. The normalized spacial score (nSPS) is 24.0. The molecule has 1 atom stereocenters. The standard InChI is InChI=1S/C19H27FN6O2S/c1-14-8-9-16(12-17(14)20)29(27,28)25-11-10-19(13-25,24(2)3)18-21-22-23-26(18)15-6-4-5-7-15/h8-9,12,15H,4-7,10-11,13H2,1-3H3. The summed E-state index contributed by atoms with van der Waals surface area (Å²) < 4.78 is 43.7. The molecule has 10 heteroatoms. The van der Waals surface area contributed by atoms with E-state index in [2.05, 4.69) is 15.5 Å². The van der Waals surface area contributed by atoms with Crippen molar-refractivity contribution in [1.82, 2.24) is 29.4 Å². The molecule has 2 fully saturated rings. The molecule has 2 aliphatic rings. The summed E-state index contributed by atoms with van der Waals surface area (Å²) in [5, 5.41) is 12.5. The third-order valence-electron chi connectivity index (χ3n) is 6.43. The van der Waals surface area contributed by atoms with Crippen LogP contribution in [0, 0.1) is 12.7 Å². The van der Waals surface area contributed by atoms with Crippen molar-refractivity contribution in [2.45, 2.75) is 55.5 Å². The van der Waals surface area contributed by atoms with E-state index in [0.717, 1.165) is 31.7 Å². The molecule has 2 aromatic rings. The average Bonchev–Trinajstić information content (AvgIpc) is 3.43. The molecule has 1 aliphatic heterocycles. The molecule has 1 aromatic heterocycles. The van der Waals surface area contributed by atoms with E-state index in [-0.39, 0.29) is 17.5 Å². The maximum absolute atomic E-state index is 14.0. The molecule has 1 saturated carbocycles. The van der Waals surface area contributed by atoms with Gasteiger partial charge < -0.3 is 0 Å². The van der Waals surface area contributed by atoms with E-state index in [9.17, 15) is 12.8 Å². The minimum absolute atomic E-state index is 0.0226. The van der Waals surface area contributed by atoms with Crippen molar-refractivity contribution in [1.29, 1.82) is 0 Å². The number of benzene rings is 1. The molecule has 1 unspecified atom stereocenters. The van der Waals surface area contributed by atoms with Gasteiger partial charge in [0.25, 0.3) is 0 Å². The summed E-state index contributed by atoms with van der Waals surface area (Å²) in [5.74, 6) is 0.191. The predicted octanol–water partition coefficient (Wildman–Crippen LogP) is 2.09. The summed E-state index contributed by atoms with van der Waals surface area (Å²) in [6, 6.07) is 4.32. The van der Waals surface area contributed by atoms with E-state index in [4.69, 9.17) is 0 Å². The van der Waals surface area contributed by atoms with E-state index >= 15 is 0 Å². The monoisotopic (exact) mass is 422 g/mol. The van der Waals surface area contributed by atoms with Crippen molar-refractivity contribution in [2.75, 3.05) is 27.2 Å². The summed E-state index contributed by atoms with van der Waals surface area (Å²) in [6.07, 6.45) is 4.94.